The first-order valence-corrected chi connectivity index (χ1v) is 7.60. The summed E-state index contributed by atoms with van der Waals surface area (Å²) in [5.74, 6) is -0.232. The molecule has 9 heteroatoms. The molecule has 1 aromatic rings. The SMILES string of the molecule is CSCC(C)NC(=O)N1CC(n2cc(C(=O)O)nn2)C1. The van der Waals surface area contributed by atoms with E-state index < -0.39 is 5.97 Å². The summed E-state index contributed by atoms with van der Waals surface area (Å²) in [6.07, 6.45) is 3.38. The van der Waals surface area contributed by atoms with Gasteiger partial charge >= 0.3 is 12.0 Å². The zero-order valence-corrected chi connectivity index (χ0v) is 12.1. The van der Waals surface area contributed by atoms with Crippen LogP contribution >= 0.6 is 11.8 Å². The Morgan fingerprint density at radius 2 is 2.30 bits per heavy atom. The molecule has 2 N–H and O–H groups in total. The molecule has 1 aromatic heterocycles. The first-order valence-electron chi connectivity index (χ1n) is 6.20. The maximum Gasteiger partial charge on any atom is 0.358 e. The summed E-state index contributed by atoms with van der Waals surface area (Å²) in [5.41, 5.74) is -0.0819. The molecule has 1 unspecified atom stereocenters. The van der Waals surface area contributed by atoms with Crippen molar-refractivity contribution in [1.29, 1.82) is 0 Å². The number of carboxylic acid groups (broad SMARTS) is 1. The third-order valence-corrected chi connectivity index (χ3v) is 3.87. The van der Waals surface area contributed by atoms with Crippen molar-refractivity contribution in [2.45, 2.75) is 19.0 Å². The average Bonchev–Trinajstić information content (AvgIpc) is 2.76. The van der Waals surface area contributed by atoms with Gasteiger partial charge < -0.3 is 15.3 Å². The Bertz CT molecular complexity index is 500. The van der Waals surface area contributed by atoms with E-state index in [1.165, 1.54) is 10.9 Å². The zero-order chi connectivity index (χ0) is 14.7. The quantitative estimate of drug-likeness (QED) is 0.811. The maximum atomic E-state index is 11.9. The van der Waals surface area contributed by atoms with Crippen molar-refractivity contribution in [2.75, 3.05) is 25.1 Å². The van der Waals surface area contributed by atoms with Crippen LogP contribution in [0.2, 0.25) is 0 Å². The second-order valence-electron chi connectivity index (χ2n) is 4.75. The number of hydrogen-bond acceptors (Lipinski definition) is 5. The summed E-state index contributed by atoms with van der Waals surface area (Å²) in [6, 6.07) is 0.0279. The van der Waals surface area contributed by atoms with Crippen LogP contribution in [-0.2, 0) is 0 Å². The Morgan fingerprint density at radius 1 is 1.60 bits per heavy atom. The van der Waals surface area contributed by atoms with E-state index in [0.717, 1.165) is 5.75 Å². The molecule has 110 valence electrons. The van der Waals surface area contributed by atoms with Gasteiger partial charge in [0.1, 0.15) is 0 Å². The Labute approximate surface area is 120 Å². The highest BCUT2D eigenvalue weighted by Crippen LogP contribution is 2.20. The lowest BCUT2D eigenvalue weighted by atomic mass is 10.1. The van der Waals surface area contributed by atoms with Gasteiger partial charge in [0.15, 0.2) is 5.69 Å². The van der Waals surface area contributed by atoms with Gasteiger partial charge in [-0.2, -0.15) is 11.8 Å². The number of likely N-dealkylation sites (tertiary alicyclic amines) is 1. The number of aromatic nitrogens is 3. The topological polar surface area (TPSA) is 100 Å². The number of nitrogens with one attached hydrogen (secondary N) is 1. The summed E-state index contributed by atoms with van der Waals surface area (Å²) < 4.78 is 1.50. The molecule has 1 aliphatic rings. The van der Waals surface area contributed by atoms with E-state index in [9.17, 15) is 9.59 Å². The van der Waals surface area contributed by atoms with Crippen molar-refractivity contribution in [3.05, 3.63) is 11.9 Å². The van der Waals surface area contributed by atoms with Gasteiger partial charge in [-0.05, 0) is 13.2 Å². The Balaban J connectivity index is 1.81. The molecule has 8 nitrogen and oxygen atoms in total. The molecule has 1 saturated heterocycles. The second kappa shape index (κ2) is 6.12. The average molecular weight is 299 g/mol. The first kappa shape index (κ1) is 14.6. The normalized spacial score (nSPS) is 16.6. The predicted octanol–water partition coefficient (Wildman–Crippen LogP) is 0.294. The Hall–Kier alpha value is -1.77. The highest BCUT2D eigenvalue weighted by Gasteiger charge is 2.33. The van der Waals surface area contributed by atoms with Gasteiger partial charge in [-0.25, -0.2) is 14.3 Å². The van der Waals surface area contributed by atoms with Gasteiger partial charge in [0.05, 0.1) is 12.2 Å². The number of amides is 2. The lowest BCUT2D eigenvalue weighted by Gasteiger charge is -2.39. The van der Waals surface area contributed by atoms with Crippen LogP contribution in [0.5, 0.6) is 0 Å². The molecule has 2 heterocycles. The minimum atomic E-state index is -1.10. The lowest BCUT2D eigenvalue weighted by Crippen LogP contribution is -2.56. The van der Waals surface area contributed by atoms with Crippen LogP contribution < -0.4 is 5.32 Å². The zero-order valence-electron chi connectivity index (χ0n) is 11.3. The summed E-state index contributed by atoms with van der Waals surface area (Å²) in [5, 5.41) is 19.0. The van der Waals surface area contributed by atoms with E-state index in [2.05, 4.69) is 15.6 Å². The molecule has 1 atom stereocenters. The number of nitrogens with zero attached hydrogens (tertiary/aromatic N) is 4. The van der Waals surface area contributed by atoms with Crippen LogP contribution in [0.3, 0.4) is 0 Å². The highest BCUT2D eigenvalue weighted by atomic mass is 32.2. The number of urea groups is 1. The van der Waals surface area contributed by atoms with Crippen molar-refractivity contribution >= 4 is 23.8 Å². The molecule has 0 saturated carbocycles. The molecule has 0 bridgehead atoms. The van der Waals surface area contributed by atoms with E-state index in [4.69, 9.17) is 5.11 Å². The molecule has 2 rings (SSSR count). The van der Waals surface area contributed by atoms with Crippen molar-refractivity contribution in [3.63, 3.8) is 0 Å². The molecule has 1 aliphatic heterocycles. The molecule has 0 spiro atoms. The van der Waals surface area contributed by atoms with Crippen molar-refractivity contribution in [1.82, 2.24) is 25.2 Å². The summed E-state index contributed by atoms with van der Waals surface area (Å²) in [4.78, 5) is 24.2. The number of hydrogen-bond donors (Lipinski definition) is 2. The van der Waals surface area contributed by atoms with Crippen LogP contribution in [0.25, 0.3) is 0 Å². The standard InChI is InChI=1S/C11H17N5O3S/c1-7(6-20-2)12-11(19)15-3-8(4-15)16-5-9(10(17)18)13-14-16/h5,7-8H,3-4,6H2,1-2H3,(H,12,19)(H,17,18). The smallest absolute Gasteiger partial charge is 0.358 e. The molecule has 2 amide bonds. The van der Waals surface area contributed by atoms with Gasteiger partial charge in [-0.1, -0.05) is 5.21 Å². The van der Waals surface area contributed by atoms with E-state index in [0.29, 0.717) is 13.1 Å². The molecular weight excluding hydrogens is 282 g/mol. The van der Waals surface area contributed by atoms with E-state index in [1.54, 1.807) is 16.7 Å². The molecule has 0 radical (unpaired) electrons. The molecule has 1 fully saturated rings. The summed E-state index contributed by atoms with van der Waals surface area (Å²) >= 11 is 1.68. The predicted molar refractivity (Wildman–Crippen MR) is 74.0 cm³/mol. The summed E-state index contributed by atoms with van der Waals surface area (Å²) in [7, 11) is 0. The first-order chi connectivity index (χ1) is 9.51. The van der Waals surface area contributed by atoms with Crippen molar-refractivity contribution < 1.29 is 14.7 Å². The van der Waals surface area contributed by atoms with Crippen molar-refractivity contribution in [2.24, 2.45) is 0 Å². The fraction of sp³-hybridized carbons (Fsp3) is 0.636. The lowest BCUT2D eigenvalue weighted by molar-refractivity contribution is 0.0690. The van der Waals surface area contributed by atoms with Gasteiger partial charge in [0.25, 0.3) is 0 Å². The number of thioether (sulfide) groups is 1. The summed E-state index contributed by atoms with van der Waals surface area (Å²) in [6.45, 7) is 2.99. The molecular formula is C11H17N5O3S. The van der Waals surface area contributed by atoms with E-state index in [-0.39, 0.29) is 23.8 Å². The van der Waals surface area contributed by atoms with E-state index in [1.807, 2.05) is 13.2 Å². The van der Waals surface area contributed by atoms with Crippen molar-refractivity contribution in [3.8, 4) is 0 Å². The fourth-order valence-corrected chi connectivity index (χ4v) is 2.52. The minimum Gasteiger partial charge on any atom is -0.476 e. The second-order valence-corrected chi connectivity index (χ2v) is 5.66. The number of carbonyl (C=O) groups excluding carboxylic acids is 1. The number of rotatable bonds is 5. The monoisotopic (exact) mass is 299 g/mol. The maximum absolute atomic E-state index is 11.9. The largest absolute Gasteiger partial charge is 0.476 e. The fourth-order valence-electron chi connectivity index (χ4n) is 1.94. The van der Waals surface area contributed by atoms with Crippen LogP contribution in [0, 0.1) is 0 Å². The third kappa shape index (κ3) is 3.21. The van der Waals surface area contributed by atoms with Crippen LogP contribution in [0.1, 0.15) is 23.5 Å². The van der Waals surface area contributed by atoms with E-state index >= 15 is 0 Å². The molecule has 20 heavy (non-hydrogen) atoms. The third-order valence-electron chi connectivity index (χ3n) is 3.04. The molecule has 0 aromatic carbocycles. The van der Waals surface area contributed by atoms with Gasteiger partial charge in [-0.3, -0.25) is 0 Å². The van der Waals surface area contributed by atoms with Crippen LogP contribution in [-0.4, -0.2) is 68.1 Å². The minimum absolute atomic E-state index is 0.00259. The molecule has 0 aliphatic carbocycles. The van der Waals surface area contributed by atoms with Gasteiger partial charge in [0, 0.05) is 24.9 Å². The van der Waals surface area contributed by atoms with Crippen LogP contribution in [0.15, 0.2) is 6.20 Å². The van der Waals surface area contributed by atoms with Gasteiger partial charge in [0.2, 0.25) is 0 Å². The Morgan fingerprint density at radius 3 is 2.85 bits per heavy atom. The Kier molecular flexibility index (Phi) is 4.48. The highest BCUT2D eigenvalue weighted by molar-refractivity contribution is 7.98. The number of carbonyl (C=O) groups is 2. The van der Waals surface area contributed by atoms with Crippen LogP contribution in [0.4, 0.5) is 4.79 Å². The number of aromatic carboxylic acids is 1. The number of carboxylic acids is 1. The van der Waals surface area contributed by atoms with Gasteiger partial charge in [-0.15, -0.1) is 5.10 Å².